The van der Waals surface area contributed by atoms with Crippen molar-refractivity contribution in [3.63, 3.8) is 0 Å². The van der Waals surface area contributed by atoms with E-state index in [0.29, 0.717) is 0 Å². The lowest BCUT2D eigenvalue weighted by Gasteiger charge is -2.07. The van der Waals surface area contributed by atoms with Crippen LogP contribution in [0.1, 0.15) is 5.56 Å². The first-order chi connectivity index (χ1) is 14.1. The van der Waals surface area contributed by atoms with E-state index in [4.69, 9.17) is 14.4 Å². The highest BCUT2D eigenvalue weighted by atomic mass is 19.1. The molecule has 3 aromatic rings. The first-order valence-electron chi connectivity index (χ1n) is 8.26. The minimum atomic E-state index is -0.904. The number of hydrogen-bond acceptors (Lipinski definition) is 7. The van der Waals surface area contributed by atoms with Crippen molar-refractivity contribution in [3.8, 4) is 17.5 Å². The van der Waals surface area contributed by atoms with E-state index in [0.717, 1.165) is 42.4 Å². The molecule has 2 aromatic carbocycles. The van der Waals surface area contributed by atoms with E-state index in [1.807, 2.05) is 30.3 Å². The van der Waals surface area contributed by atoms with Crippen LogP contribution in [0, 0.1) is 11.6 Å². The first kappa shape index (κ1) is 19.7. The summed E-state index contributed by atoms with van der Waals surface area (Å²) < 4.78 is 37.5. The van der Waals surface area contributed by atoms with E-state index in [1.165, 1.54) is 6.07 Å². The largest absolute Gasteiger partial charge is 0.496 e. The van der Waals surface area contributed by atoms with Gasteiger partial charge < -0.3 is 9.47 Å². The van der Waals surface area contributed by atoms with E-state index in [9.17, 15) is 13.6 Å². The van der Waals surface area contributed by atoms with E-state index in [2.05, 4.69) is 14.9 Å². The average Bonchev–Trinajstić information content (AvgIpc) is 2.74. The normalized spacial score (nSPS) is 10.6. The monoisotopic (exact) mass is 400 g/mol. The van der Waals surface area contributed by atoms with Crippen molar-refractivity contribution in [2.75, 3.05) is 0 Å². The summed E-state index contributed by atoms with van der Waals surface area (Å²) in [5.41, 5.74) is 0.932. The van der Waals surface area contributed by atoms with Crippen LogP contribution >= 0.6 is 0 Å². The van der Waals surface area contributed by atoms with Crippen molar-refractivity contribution in [2.24, 2.45) is 0 Å². The molecule has 0 unspecified atom stereocenters. The summed E-state index contributed by atoms with van der Waals surface area (Å²) in [5, 5.41) is 0. The van der Waals surface area contributed by atoms with Crippen molar-refractivity contribution in [1.82, 2.24) is 9.97 Å². The number of carbonyl (C=O) groups is 1. The molecule has 9 heteroatoms. The van der Waals surface area contributed by atoms with Crippen LogP contribution < -0.4 is 9.62 Å². The summed E-state index contributed by atoms with van der Waals surface area (Å²) in [5.74, 6) is -3.72. The van der Waals surface area contributed by atoms with E-state index >= 15 is 0 Å². The van der Waals surface area contributed by atoms with Crippen LogP contribution in [0.15, 0.2) is 73.3 Å². The molecule has 0 aliphatic rings. The zero-order valence-corrected chi connectivity index (χ0v) is 14.8. The van der Waals surface area contributed by atoms with Crippen molar-refractivity contribution >= 4 is 5.97 Å². The number of benzene rings is 2. The number of rotatable bonds is 8. The zero-order chi connectivity index (χ0) is 20.5. The lowest BCUT2D eigenvalue weighted by molar-refractivity contribution is -0.209. The molecule has 1 heterocycles. The van der Waals surface area contributed by atoms with Gasteiger partial charge in [-0.05, 0) is 17.7 Å². The molecule has 1 aromatic heterocycles. The summed E-state index contributed by atoms with van der Waals surface area (Å²) in [6.45, 7) is 0.282. The number of carbonyl (C=O) groups excluding carboxylic acids is 1. The third-order valence-corrected chi connectivity index (χ3v) is 3.34. The van der Waals surface area contributed by atoms with Crippen molar-refractivity contribution in [2.45, 2.75) is 6.61 Å². The topological polar surface area (TPSA) is 79.8 Å². The average molecular weight is 400 g/mol. The Morgan fingerprint density at radius 3 is 2.45 bits per heavy atom. The summed E-state index contributed by atoms with van der Waals surface area (Å²) >= 11 is 0. The van der Waals surface area contributed by atoms with Gasteiger partial charge >= 0.3 is 5.97 Å². The fourth-order valence-electron chi connectivity index (χ4n) is 2.04. The second-order valence-electron chi connectivity index (χ2n) is 5.43. The highest BCUT2D eigenvalue weighted by molar-refractivity contribution is 5.81. The predicted octanol–water partition coefficient (Wildman–Crippen LogP) is 4.11. The molecule has 7 nitrogen and oxygen atoms in total. The Morgan fingerprint density at radius 1 is 0.966 bits per heavy atom. The molecule has 0 bridgehead atoms. The zero-order valence-electron chi connectivity index (χ0n) is 14.8. The Bertz CT molecular complexity index is 979. The summed E-state index contributed by atoms with van der Waals surface area (Å²) in [6, 6.07) is 13.7. The smallest absolute Gasteiger partial charge is 0.382 e. The molecule has 3 rings (SSSR count). The third kappa shape index (κ3) is 5.99. The molecule has 148 valence electrons. The van der Waals surface area contributed by atoms with Gasteiger partial charge in [0.25, 0.3) is 5.88 Å². The minimum absolute atomic E-state index is 0.210. The maximum absolute atomic E-state index is 13.6. The van der Waals surface area contributed by atoms with Gasteiger partial charge in [0.2, 0.25) is 11.6 Å². The van der Waals surface area contributed by atoms with Crippen molar-refractivity contribution < 1.29 is 32.8 Å². The van der Waals surface area contributed by atoms with Gasteiger partial charge in [-0.3, -0.25) is 4.89 Å². The molecular formula is C20H14F2N2O5. The van der Waals surface area contributed by atoms with Gasteiger partial charge in [-0.15, -0.1) is 0 Å². The lowest BCUT2D eigenvalue weighted by atomic mass is 10.2. The first-order valence-corrected chi connectivity index (χ1v) is 8.26. The molecule has 0 atom stereocenters. The number of nitrogens with zero attached hydrogens (tertiary/aromatic N) is 2. The van der Waals surface area contributed by atoms with E-state index < -0.39 is 23.4 Å². The summed E-state index contributed by atoms with van der Waals surface area (Å²) in [6.07, 6.45) is 3.18. The summed E-state index contributed by atoms with van der Waals surface area (Å²) in [7, 11) is 0. The number of ether oxygens (including phenoxy) is 2. The van der Waals surface area contributed by atoms with Gasteiger partial charge in [0.1, 0.15) is 12.9 Å². The molecule has 0 spiro atoms. The Labute approximate surface area is 164 Å². The van der Waals surface area contributed by atoms with E-state index in [-0.39, 0.29) is 18.4 Å². The van der Waals surface area contributed by atoms with Crippen LogP contribution in [0.2, 0.25) is 0 Å². The fourth-order valence-corrected chi connectivity index (χ4v) is 2.04. The van der Waals surface area contributed by atoms with Crippen molar-refractivity contribution in [1.29, 1.82) is 0 Å². The molecule has 0 fully saturated rings. The molecule has 0 N–H and O–H groups in total. The highest BCUT2D eigenvalue weighted by Gasteiger charge is 2.13. The highest BCUT2D eigenvalue weighted by Crippen LogP contribution is 2.27. The maximum atomic E-state index is 13.6. The molecule has 0 amide bonds. The van der Waals surface area contributed by atoms with Gasteiger partial charge in [0.15, 0.2) is 11.6 Å². The van der Waals surface area contributed by atoms with Gasteiger partial charge in [0, 0.05) is 0 Å². The van der Waals surface area contributed by atoms with Crippen LogP contribution in [-0.2, 0) is 21.0 Å². The Morgan fingerprint density at radius 2 is 1.69 bits per heavy atom. The van der Waals surface area contributed by atoms with Crippen LogP contribution in [0.5, 0.6) is 17.5 Å². The molecule has 0 aliphatic carbocycles. The lowest BCUT2D eigenvalue weighted by Crippen LogP contribution is -2.06. The molecule has 0 aliphatic heterocycles. The van der Waals surface area contributed by atoms with Crippen molar-refractivity contribution in [3.05, 3.63) is 90.5 Å². The Balaban J connectivity index is 1.50. The molecule has 0 saturated carbocycles. The number of aromatic nitrogens is 2. The number of hydrogen-bond donors (Lipinski definition) is 0. The Kier molecular flexibility index (Phi) is 6.66. The fraction of sp³-hybridized carbons (Fsp3) is 0.0500. The minimum Gasteiger partial charge on any atom is -0.496 e. The van der Waals surface area contributed by atoms with Gasteiger partial charge in [-0.2, -0.15) is 4.98 Å². The van der Waals surface area contributed by atoms with Gasteiger partial charge in [0.05, 0.1) is 18.4 Å². The summed E-state index contributed by atoms with van der Waals surface area (Å²) in [4.78, 5) is 28.3. The quantitative estimate of drug-likeness (QED) is 0.244. The van der Waals surface area contributed by atoms with Gasteiger partial charge in [-0.1, -0.05) is 36.4 Å². The molecule has 0 radical (unpaired) electrons. The van der Waals surface area contributed by atoms with Crippen LogP contribution in [0.4, 0.5) is 8.78 Å². The third-order valence-electron chi connectivity index (χ3n) is 3.34. The maximum Gasteiger partial charge on any atom is 0.382 e. The van der Waals surface area contributed by atoms with E-state index in [1.54, 1.807) is 0 Å². The van der Waals surface area contributed by atoms with Crippen LogP contribution in [-0.4, -0.2) is 15.9 Å². The second kappa shape index (κ2) is 9.79. The number of halogens is 2. The van der Waals surface area contributed by atoms with Crippen LogP contribution in [0.3, 0.4) is 0 Å². The van der Waals surface area contributed by atoms with Gasteiger partial charge in [-0.25, -0.2) is 23.4 Å². The molecule has 29 heavy (non-hydrogen) atoms. The van der Waals surface area contributed by atoms with Crippen LogP contribution in [0.25, 0.3) is 0 Å². The SMILES string of the molecule is O=C(C=COCc1ccccc1)OOc1cc(Oc2c(F)cccc2F)ncn1. The second-order valence-corrected chi connectivity index (χ2v) is 5.43. The molecular weight excluding hydrogens is 386 g/mol. The Hall–Kier alpha value is -4.01. The molecule has 0 saturated heterocycles. The predicted molar refractivity (Wildman–Crippen MR) is 95.6 cm³/mol. The number of para-hydroxylation sites is 1. The standard InChI is InChI=1S/C20H14F2N2O5/c21-15-7-4-8-16(22)20(15)27-17-11-18(24-13-23-17)28-29-19(25)9-10-26-12-14-5-2-1-3-6-14/h1-11,13H,12H2.